The molecule has 1 atom stereocenters. The second-order valence-electron chi connectivity index (χ2n) is 4.35. The van der Waals surface area contributed by atoms with Crippen LogP contribution in [0.1, 0.15) is 27.8 Å². The van der Waals surface area contributed by atoms with E-state index in [1.807, 2.05) is 6.26 Å². The first-order valence-electron chi connectivity index (χ1n) is 5.54. The number of nitrogens with one attached hydrogen (secondary N) is 1. The third kappa shape index (κ3) is 4.88. The van der Waals surface area contributed by atoms with Crippen molar-refractivity contribution in [3.05, 3.63) is 29.6 Å². The van der Waals surface area contributed by atoms with Gasteiger partial charge in [-0.15, -0.1) is 0 Å². The fourth-order valence-corrected chi connectivity index (χ4v) is 2.15. The summed E-state index contributed by atoms with van der Waals surface area (Å²) in [5, 5.41) is 21.3. The fourth-order valence-electron chi connectivity index (χ4n) is 1.42. The van der Waals surface area contributed by atoms with Gasteiger partial charge in [0.15, 0.2) is 0 Å². The molecule has 7 heteroatoms. The number of hydrogen-bond donors (Lipinski definition) is 3. The average Bonchev–Trinajstić information content (AvgIpc) is 2.36. The zero-order valence-electron chi connectivity index (χ0n) is 10.7. The summed E-state index contributed by atoms with van der Waals surface area (Å²) in [5.74, 6) is -1.14. The van der Waals surface area contributed by atoms with Gasteiger partial charge in [-0.3, -0.25) is 4.79 Å². The average molecular weight is 284 g/mol. The first-order valence-corrected chi connectivity index (χ1v) is 6.94. The van der Waals surface area contributed by atoms with Crippen LogP contribution in [0.3, 0.4) is 0 Å². The van der Waals surface area contributed by atoms with Gasteiger partial charge in [-0.1, -0.05) is 0 Å². The van der Waals surface area contributed by atoms with E-state index >= 15 is 0 Å². The lowest BCUT2D eigenvalue weighted by atomic mass is 10.1. The predicted molar refractivity (Wildman–Crippen MR) is 72.5 cm³/mol. The van der Waals surface area contributed by atoms with E-state index in [9.17, 15) is 14.7 Å². The number of carbonyl (C=O) groups is 2. The molecule has 0 aromatic carbocycles. The number of nitrogens with zero attached hydrogens (tertiary/aromatic N) is 1. The molecule has 1 aromatic rings. The number of amides is 1. The van der Waals surface area contributed by atoms with Crippen LogP contribution in [0.4, 0.5) is 0 Å². The predicted octanol–water partition coefficient (Wildman–Crippen LogP) is 0.624. The molecule has 0 aliphatic heterocycles. The number of aliphatic hydroxyl groups is 1. The number of carboxylic acids is 1. The Hall–Kier alpha value is -1.60. The molecule has 0 bridgehead atoms. The smallest absolute Gasteiger partial charge is 0.354 e. The SMILES string of the molecule is CSCC(C)(O)CNC(=O)c1ccnc(C(=O)O)c1. The second kappa shape index (κ2) is 6.53. The summed E-state index contributed by atoms with van der Waals surface area (Å²) in [6.45, 7) is 1.72. The number of aromatic nitrogens is 1. The number of thioether (sulfide) groups is 1. The van der Waals surface area contributed by atoms with E-state index in [1.54, 1.807) is 6.92 Å². The van der Waals surface area contributed by atoms with Gasteiger partial charge in [0, 0.05) is 24.1 Å². The standard InChI is InChI=1S/C12H16N2O4S/c1-12(18,7-19-2)6-14-10(15)8-3-4-13-9(5-8)11(16)17/h3-5,18H,6-7H2,1-2H3,(H,14,15)(H,16,17). The molecule has 1 amide bonds. The van der Waals surface area contributed by atoms with Crippen LogP contribution < -0.4 is 5.32 Å². The molecule has 0 aliphatic carbocycles. The van der Waals surface area contributed by atoms with Crippen LogP contribution in [-0.2, 0) is 0 Å². The molecular weight excluding hydrogens is 268 g/mol. The summed E-state index contributed by atoms with van der Waals surface area (Å²) in [7, 11) is 0. The highest BCUT2D eigenvalue weighted by Gasteiger charge is 2.21. The first-order chi connectivity index (χ1) is 8.85. The largest absolute Gasteiger partial charge is 0.477 e. The van der Waals surface area contributed by atoms with Crippen molar-refractivity contribution in [1.29, 1.82) is 0 Å². The van der Waals surface area contributed by atoms with Crippen LogP contribution in [0.15, 0.2) is 18.3 Å². The number of pyridine rings is 1. The van der Waals surface area contributed by atoms with Crippen molar-refractivity contribution in [2.75, 3.05) is 18.6 Å². The first kappa shape index (κ1) is 15.5. The summed E-state index contributed by atoms with van der Waals surface area (Å²) >= 11 is 1.47. The van der Waals surface area contributed by atoms with Crippen molar-refractivity contribution >= 4 is 23.6 Å². The molecule has 1 heterocycles. The summed E-state index contributed by atoms with van der Waals surface area (Å²) in [6.07, 6.45) is 3.12. The zero-order chi connectivity index (χ0) is 14.5. The molecule has 1 unspecified atom stereocenters. The second-order valence-corrected chi connectivity index (χ2v) is 5.21. The molecule has 0 aliphatic rings. The van der Waals surface area contributed by atoms with E-state index in [0.29, 0.717) is 5.75 Å². The van der Waals surface area contributed by atoms with Gasteiger partial charge in [-0.25, -0.2) is 9.78 Å². The summed E-state index contributed by atoms with van der Waals surface area (Å²) in [5.41, 5.74) is -0.992. The summed E-state index contributed by atoms with van der Waals surface area (Å²) in [6, 6.07) is 2.62. The Morgan fingerprint density at radius 2 is 2.21 bits per heavy atom. The Balaban J connectivity index is 2.68. The number of carboxylic acid groups (broad SMARTS) is 1. The molecule has 1 aromatic heterocycles. The minimum atomic E-state index is -1.19. The highest BCUT2D eigenvalue weighted by Crippen LogP contribution is 2.09. The van der Waals surface area contributed by atoms with E-state index in [-0.39, 0.29) is 17.8 Å². The molecule has 0 radical (unpaired) electrons. The van der Waals surface area contributed by atoms with Crippen LogP contribution in [0.5, 0.6) is 0 Å². The third-order valence-corrected chi connectivity index (χ3v) is 3.24. The van der Waals surface area contributed by atoms with Crippen molar-refractivity contribution in [3.63, 3.8) is 0 Å². The maximum atomic E-state index is 11.8. The molecule has 0 spiro atoms. The minimum Gasteiger partial charge on any atom is -0.477 e. The number of hydrogen-bond acceptors (Lipinski definition) is 5. The highest BCUT2D eigenvalue weighted by molar-refractivity contribution is 7.98. The Labute approximate surface area is 115 Å². The van der Waals surface area contributed by atoms with Gasteiger partial charge in [0.25, 0.3) is 5.91 Å². The Morgan fingerprint density at radius 1 is 1.53 bits per heavy atom. The van der Waals surface area contributed by atoms with E-state index < -0.39 is 17.5 Å². The molecule has 19 heavy (non-hydrogen) atoms. The van der Waals surface area contributed by atoms with E-state index in [0.717, 1.165) is 0 Å². The number of carbonyl (C=O) groups excluding carboxylic acids is 1. The quantitative estimate of drug-likeness (QED) is 0.708. The van der Waals surface area contributed by atoms with Crippen molar-refractivity contribution in [1.82, 2.24) is 10.3 Å². The molecule has 3 N–H and O–H groups in total. The maximum Gasteiger partial charge on any atom is 0.354 e. The summed E-state index contributed by atoms with van der Waals surface area (Å²) in [4.78, 5) is 26.2. The van der Waals surface area contributed by atoms with Gasteiger partial charge in [-0.2, -0.15) is 11.8 Å². The maximum absolute atomic E-state index is 11.8. The summed E-state index contributed by atoms with van der Waals surface area (Å²) < 4.78 is 0. The molecular formula is C12H16N2O4S. The van der Waals surface area contributed by atoms with Crippen LogP contribution in [0, 0.1) is 0 Å². The fraction of sp³-hybridized carbons (Fsp3) is 0.417. The van der Waals surface area contributed by atoms with Gasteiger partial charge in [0.1, 0.15) is 5.69 Å². The Morgan fingerprint density at radius 3 is 2.79 bits per heavy atom. The normalized spacial score (nSPS) is 13.6. The van der Waals surface area contributed by atoms with Crippen molar-refractivity contribution < 1.29 is 19.8 Å². The van der Waals surface area contributed by atoms with Gasteiger partial charge < -0.3 is 15.5 Å². The van der Waals surface area contributed by atoms with Crippen LogP contribution in [0.25, 0.3) is 0 Å². The zero-order valence-corrected chi connectivity index (χ0v) is 11.5. The van der Waals surface area contributed by atoms with Crippen LogP contribution in [-0.4, -0.2) is 51.2 Å². The highest BCUT2D eigenvalue weighted by atomic mass is 32.2. The van der Waals surface area contributed by atoms with Crippen molar-refractivity contribution in [2.24, 2.45) is 0 Å². The van der Waals surface area contributed by atoms with Gasteiger partial charge >= 0.3 is 5.97 Å². The molecule has 0 saturated carbocycles. The van der Waals surface area contributed by atoms with Crippen molar-refractivity contribution in [2.45, 2.75) is 12.5 Å². The molecule has 0 saturated heterocycles. The van der Waals surface area contributed by atoms with Crippen LogP contribution in [0.2, 0.25) is 0 Å². The van der Waals surface area contributed by atoms with E-state index in [4.69, 9.17) is 5.11 Å². The van der Waals surface area contributed by atoms with Crippen molar-refractivity contribution in [3.8, 4) is 0 Å². The number of aromatic carboxylic acids is 1. The molecule has 104 valence electrons. The van der Waals surface area contributed by atoms with Crippen LogP contribution >= 0.6 is 11.8 Å². The molecule has 6 nitrogen and oxygen atoms in total. The Kier molecular flexibility index (Phi) is 5.31. The van der Waals surface area contributed by atoms with E-state index in [1.165, 1.54) is 30.1 Å². The molecule has 1 rings (SSSR count). The lowest BCUT2D eigenvalue weighted by Gasteiger charge is -2.22. The monoisotopic (exact) mass is 284 g/mol. The van der Waals surface area contributed by atoms with E-state index in [2.05, 4.69) is 10.3 Å². The lowest BCUT2D eigenvalue weighted by Crippen LogP contribution is -2.42. The number of rotatable bonds is 6. The lowest BCUT2D eigenvalue weighted by molar-refractivity contribution is 0.0689. The van der Waals surface area contributed by atoms with Gasteiger partial charge in [-0.05, 0) is 25.3 Å². The van der Waals surface area contributed by atoms with Gasteiger partial charge in [0.05, 0.1) is 5.60 Å². The topological polar surface area (TPSA) is 99.5 Å². The molecule has 0 fully saturated rings. The third-order valence-electron chi connectivity index (χ3n) is 2.33. The van der Waals surface area contributed by atoms with Gasteiger partial charge in [0.2, 0.25) is 0 Å². The Bertz CT molecular complexity index is 477. The minimum absolute atomic E-state index is 0.0946.